The van der Waals surface area contributed by atoms with Gasteiger partial charge in [0.15, 0.2) is 0 Å². The molecule has 1 aliphatic rings. The van der Waals surface area contributed by atoms with Gasteiger partial charge in [-0.15, -0.1) is 0 Å². The highest BCUT2D eigenvalue weighted by molar-refractivity contribution is 6.35. The Balaban J connectivity index is 1.64. The normalized spacial score (nSPS) is 14.8. The van der Waals surface area contributed by atoms with Crippen LogP contribution < -0.4 is 5.32 Å². The highest BCUT2D eigenvalue weighted by atomic mass is 35.5. The smallest absolute Gasteiger partial charge is 0.0761 e. The molecule has 0 amide bonds. The van der Waals surface area contributed by atoms with Gasteiger partial charge in [0.2, 0.25) is 0 Å². The van der Waals surface area contributed by atoms with Crippen molar-refractivity contribution in [2.24, 2.45) is 0 Å². The van der Waals surface area contributed by atoms with Gasteiger partial charge in [-0.05, 0) is 56.0 Å². The molecule has 1 aromatic carbocycles. The third-order valence-electron chi connectivity index (χ3n) is 3.87. The largest absolute Gasteiger partial charge is 0.312 e. The molecule has 104 valence electrons. The molecule has 1 aromatic heterocycles. The molecule has 0 fully saturated rings. The van der Waals surface area contributed by atoms with E-state index >= 15 is 0 Å². The molecule has 0 bridgehead atoms. The molecule has 0 unspecified atom stereocenters. The highest BCUT2D eigenvalue weighted by Gasteiger charge is 2.06. The summed E-state index contributed by atoms with van der Waals surface area (Å²) in [5.74, 6) is 0. The van der Waals surface area contributed by atoms with Gasteiger partial charge in [0.25, 0.3) is 0 Å². The van der Waals surface area contributed by atoms with Crippen LogP contribution in [0.2, 0.25) is 5.02 Å². The van der Waals surface area contributed by atoms with Gasteiger partial charge in [-0.2, -0.15) is 0 Å². The van der Waals surface area contributed by atoms with E-state index in [9.17, 15) is 0 Å². The highest BCUT2D eigenvalue weighted by Crippen LogP contribution is 2.24. The third kappa shape index (κ3) is 3.02. The van der Waals surface area contributed by atoms with Crippen LogP contribution in [0, 0.1) is 0 Å². The lowest BCUT2D eigenvalue weighted by Gasteiger charge is -2.09. The van der Waals surface area contributed by atoms with Crippen LogP contribution in [0.25, 0.3) is 10.9 Å². The topological polar surface area (TPSA) is 24.9 Å². The second kappa shape index (κ2) is 6.38. The Labute approximate surface area is 124 Å². The van der Waals surface area contributed by atoms with E-state index in [4.69, 9.17) is 11.6 Å². The van der Waals surface area contributed by atoms with E-state index in [1.54, 1.807) is 5.57 Å². The second-order valence-electron chi connectivity index (χ2n) is 5.29. The number of rotatable bonds is 5. The average molecular weight is 287 g/mol. The van der Waals surface area contributed by atoms with Gasteiger partial charge in [-0.25, -0.2) is 0 Å². The van der Waals surface area contributed by atoms with Gasteiger partial charge in [0, 0.05) is 23.2 Å². The minimum Gasteiger partial charge on any atom is -0.312 e. The predicted octanol–water partition coefficient (Wildman–Crippen LogP) is 4.48. The minimum atomic E-state index is 0.771. The number of nitrogens with one attached hydrogen (secondary N) is 1. The lowest BCUT2D eigenvalue weighted by molar-refractivity contribution is 0.678. The van der Waals surface area contributed by atoms with Crippen molar-refractivity contribution in [3.63, 3.8) is 0 Å². The van der Waals surface area contributed by atoms with Gasteiger partial charge >= 0.3 is 0 Å². The van der Waals surface area contributed by atoms with Crippen molar-refractivity contribution >= 4 is 22.5 Å². The van der Waals surface area contributed by atoms with Crippen molar-refractivity contribution in [1.82, 2.24) is 10.3 Å². The zero-order valence-corrected chi connectivity index (χ0v) is 12.3. The number of benzene rings is 1. The van der Waals surface area contributed by atoms with Crippen LogP contribution >= 0.6 is 11.6 Å². The van der Waals surface area contributed by atoms with Crippen molar-refractivity contribution in [3.05, 3.63) is 52.7 Å². The first kappa shape index (κ1) is 13.6. The molecule has 0 atom stereocenters. The maximum absolute atomic E-state index is 6.21. The minimum absolute atomic E-state index is 0.771. The number of hydrogen-bond donors (Lipinski definition) is 1. The quantitative estimate of drug-likeness (QED) is 0.647. The van der Waals surface area contributed by atoms with Gasteiger partial charge < -0.3 is 5.32 Å². The maximum Gasteiger partial charge on any atom is 0.0761 e. The number of nitrogens with zero attached hydrogens (tertiary/aromatic N) is 1. The van der Waals surface area contributed by atoms with E-state index in [1.807, 2.05) is 24.4 Å². The zero-order valence-electron chi connectivity index (χ0n) is 11.5. The molecule has 1 heterocycles. The fourth-order valence-corrected chi connectivity index (χ4v) is 2.99. The lowest BCUT2D eigenvalue weighted by atomic mass is 10.1. The molecule has 3 rings (SSSR count). The number of fused-ring (bicyclic) bond motifs is 1. The van der Waals surface area contributed by atoms with Crippen LogP contribution in [0.15, 0.2) is 42.1 Å². The van der Waals surface area contributed by atoms with Gasteiger partial charge in [-0.3, -0.25) is 4.98 Å². The Morgan fingerprint density at radius 1 is 1.25 bits per heavy atom. The zero-order chi connectivity index (χ0) is 13.8. The average Bonchev–Trinajstić information content (AvgIpc) is 2.99. The van der Waals surface area contributed by atoms with Gasteiger partial charge in [-0.1, -0.05) is 29.3 Å². The van der Waals surface area contributed by atoms with E-state index in [0.717, 1.165) is 29.0 Å². The third-order valence-corrected chi connectivity index (χ3v) is 4.20. The molecule has 0 radical (unpaired) electrons. The van der Waals surface area contributed by atoms with Crippen LogP contribution in [0.1, 0.15) is 31.2 Å². The maximum atomic E-state index is 6.21. The molecular weight excluding hydrogens is 268 g/mol. The molecule has 0 aliphatic heterocycles. The summed E-state index contributed by atoms with van der Waals surface area (Å²) in [6.45, 7) is 1.88. The number of hydrogen-bond acceptors (Lipinski definition) is 2. The fraction of sp³-hybridized carbons (Fsp3) is 0.353. The molecule has 1 aliphatic carbocycles. The SMILES string of the molecule is Clc1ccc(CNCCC2=CCCC2)c2ncccc12. The van der Waals surface area contributed by atoms with E-state index in [0.29, 0.717) is 0 Å². The standard InChI is InChI=1S/C17H19ClN2/c18-16-8-7-14(17-15(16)6-3-10-20-17)12-19-11-9-13-4-1-2-5-13/h3-4,6-8,10,19H,1-2,5,9,11-12H2. The summed E-state index contributed by atoms with van der Waals surface area (Å²) >= 11 is 6.21. The molecular formula is C17H19ClN2. The molecule has 2 nitrogen and oxygen atoms in total. The van der Waals surface area contributed by atoms with Crippen LogP contribution in [-0.4, -0.2) is 11.5 Å². The summed E-state index contributed by atoms with van der Waals surface area (Å²) in [4.78, 5) is 4.46. The Hall–Kier alpha value is -1.38. The summed E-state index contributed by atoms with van der Waals surface area (Å²) in [7, 11) is 0. The predicted molar refractivity (Wildman–Crippen MR) is 85.0 cm³/mol. The molecule has 0 spiro atoms. The van der Waals surface area contributed by atoms with E-state index in [-0.39, 0.29) is 0 Å². The van der Waals surface area contributed by atoms with Crippen LogP contribution in [0.3, 0.4) is 0 Å². The van der Waals surface area contributed by atoms with Crippen molar-refractivity contribution < 1.29 is 0 Å². The lowest BCUT2D eigenvalue weighted by Crippen LogP contribution is -2.15. The van der Waals surface area contributed by atoms with E-state index in [2.05, 4.69) is 22.4 Å². The second-order valence-corrected chi connectivity index (χ2v) is 5.69. The Kier molecular flexibility index (Phi) is 4.34. The van der Waals surface area contributed by atoms with E-state index < -0.39 is 0 Å². The van der Waals surface area contributed by atoms with Crippen molar-refractivity contribution in [2.45, 2.75) is 32.2 Å². The summed E-state index contributed by atoms with van der Waals surface area (Å²) < 4.78 is 0. The summed E-state index contributed by atoms with van der Waals surface area (Å²) in [5, 5.41) is 5.32. The molecule has 1 N–H and O–H groups in total. The number of aromatic nitrogens is 1. The summed E-state index contributed by atoms with van der Waals surface area (Å²) in [6, 6.07) is 7.98. The summed E-state index contributed by atoms with van der Waals surface area (Å²) in [6.07, 6.45) is 9.26. The van der Waals surface area contributed by atoms with Crippen molar-refractivity contribution in [1.29, 1.82) is 0 Å². The number of pyridine rings is 1. The molecule has 2 aromatic rings. The van der Waals surface area contributed by atoms with Crippen LogP contribution in [-0.2, 0) is 6.54 Å². The molecule has 0 saturated heterocycles. The van der Waals surface area contributed by atoms with Crippen molar-refractivity contribution in [2.75, 3.05) is 6.54 Å². The summed E-state index contributed by atoms with van der Waals surface area (Å²) in [5.41, 5.74) is 3.83. The molecule has 20 heavy (non-hydrogen) atoms. The first-order chi connectivity index (χ1) is 9.84. The molecule has 3 heteroatoms. The molecule has 0 saturated carbocycles. The Morgan fingerprint density at radius 2 is 2.20 bits per heavy atom. The fourth-order valence-electron chi connectivity index (χ4n) is 2.78. The first-order valence-electron chi connectivity index (χ1n) is 7.25. The van der Waals surface area contributed by atoms with Crippen LogP contribution in [0.5, 0.6) is 0 Å². The number of halogens is 1. The Bertz CT molecular complexity index is 634. The Morgan fingerprint density at radius 3 is 3.05 bits per heavy atom. The van der Waals surface area contributed by atoms with Gasteiger partial charge in [0.05, 0.1) is 5.52 Å². The van der Waals surface area contributed by atoms with Crippen molar-refractivity contribution in [3.8, 4) is 0 Å². The number of allylic oxidation sites excluding steroid dienone is 1. The first-order valence-corrected chi connectivity index (χ1v) is 7.63. The van der Waals surface area contributed by atoms with Gasteiger partial charge in [0.1, 0.15) is 0 Å². The van der Waals surface area contributed by atoms with E-state index in [1.165, 1.54) is 31.2 Å². The van der Waals surface area contributed by atoms with Crippen LogP contribution in [0.4, 0.5) is 0 Å². The monoisotopic (exact) mass is 286 g/mol.